The monoisotopic (exact) mass is 217 g/mol. The summed E-state index contributed by atoms with van der Waals surface area (Å²) in [6.45, 7) is 2.08. The first-order valence-electron chi connectivity index (χ1n) is 5.98. The third kappa shape index (κ3) is 2.84. The molecule has 0 unspecified atom stereocenters. The van der Waals surface area contributed by atoms with Crippen LogP contribution in [0.15, 0.2) is 24.3 Å². The molecule has 1 aliphatic carbocycles. The quantitative estimate of drug-likeness (QED) is 0.759. The second kappa shape index (κ2) is 4.69. The minimum atomic E-state index is 0.281. The molecule has 2 rings (SSSR count). The number of benzene rings is 1. The van der Waals surface area contributed by atoms with Crippen molar-refractivity contribution in [2.24, 2.45) is 0 Å². The summed E-state index contributed by atoms with van der Waals surface area (Å²) in [6, 6.07) is 8.96. The van der Waals surface area contributed by atoms with Crippen molar-refractivity contribution in [1.29, 1.82) is 0 Å². The highest BCUT2D eigenvalue weighted by molar-refractivity contribution is 5.76. The molecule has 0 atom stereocenters. The van der Waals surface area contributed by atoms with E-state index in [4.69, 9.17) is 0 Å². The van der Waals surface area contributed by atoms with Crippen LogP contribution in [0, 0.1) is 6.92 Å². The summed E-state index contributed by atoms with van der Waals surface area (Å²) >= 11 is 0. The summed E-state index contributed by atoms with van der Waals surface area (Å²) in [6.07, 6.45) is 3.87. The van der Waals surface area contributed by atoms with E-state index in [1.54, 1.807) is 0 Å². The molecule has 16 heavy (non-hydrogen) atoms. The second-order valence-electron chi connectivity index (χ2n) is 4.72. The van der Waals surface area contributed by atoms with Gasteiger partial charge in [-0.25, -0.2) is 0 Å². The van der Waals surface area contributed by atoms with Crippen LogP contribution in [0.2, 0.25) is 0 Å². The number of rotatable bonds is 4. The third-order valence-corrected chi connectivity index (χ3v) is 3.24. The van der Waals surface area contributed by atoms with Crippen molar-refractivity contribution in [2.75, 3.05) is 7.05 Å². The van der Waals surface area contributed by atoms with Crippen LogP contribution in [0.25, 0.3) is 0 Å². The first-order valence-corrected chi connectivity index (χ1v) is 5.98. The maximum absolute atomic E-state index is 11.8. The Kier molecular flexibility index (Phi) is 3.28. The van der Waals surface area contributed by atoms with E-state index in [1.165, 1.54) is 24.0 Å². The van der Waals surface area contributed by atoms with Gasteiger partial charge in [-0.1, -0.05) is 29.8 Å². The van der Waals surface area contributed by atoms with E-state index in [0.717, 1.165) is 6.42 Å². The minimum absolute atomic E-state index is 0.281. The largest absolute Gasteiger partial charge is 0.343 e. The topological polar surface area (TPSA) is 20.3 Å². The molecule has 1 amide bonds. The molecule has 0 aliphatic heterocycles. The van der Waals surface area contributed by atoms with E-state index in [2.05, 4.69) is 31.2 Å². The lowest BCUT2D eigenvalue weighted by molar-refractivity contribution is -0.130. The smallest absolute Gasteiger partial charge is 0.222 e. The molecule has 0 heterocycles. The number of aryl methyl sites for hydroxylation is 2. The van der Waals surface area contributed by atoms with Crippen molar-refractivity contribution in [2.45, 2.75) is 38.6 Å². The number of nitrogens with zero attached hydrogens (tertiary/aromatic N) is 1. The summed E-state index contributed by atoms with van der Waals surface area (Å²) in [7, 11) is 1.93. The van der Waals surface area contributed by atoms with E-state index in [-0.39, 0.29) is 5.91 Å². The first kappa shape index (κ1) is 11.2. The van der Waals surface area contributed by atoms with Crippen LogP contribution in [-0.2, 0) is 11.2 Å². The molecule has 86 valence electrons. The first-order chi connectivity index (χ1) is 7.66. The van der Waals surface area contributed by atoms with Crippen LogP contribution >= 0.6 is 0 Å². The normalized spacial score (nSPS) is 14.9. The molecule has 0 radical (unpaired) electrons. The number of carbonyl (C=O) groups is 1. The van der Waals surface area contributed by atoms with Crippen molar-refractivity contribution in [3.63, 3.8) is 0 Å². The van der Waals surface area contributed by atoms with Gasteiger partial charge in [-0.3, -0.25) is 4.79 Å². The summed E-state index contributed by atoms with van der Waals surface area (Å²) in [5.74, 6) is 0.281. The van der Waals surface area contributed by atoms with Gasteiger partial charge in [0, 0.05) is 19.5 Å². The average Bonchev–Trinajstić information content (AvgIpc) is 3.11. The number of hydrogen-bond donors (Lipinski definition) is 0. The molecule has 1 saturated carbocycles. The second-order valence-corrected chi connectivity index (χ2v) is 4.72. The lowest BCUT2D eigenvalue weighted by atomic mass is 10.1. The van der Waals surface area contributed by atoms with Gasteiger partial charge in [0.15, 0.2) is 0 Å². The third-order valence-electron chi connectivity index (χ3n) is 3.24. The molecular formula is C14H19NO. The maximum atomic E-state index is 11.8. The standard InChI is InChI=1S/C14H19NO/c1-11-3-5-12(6-4-11)7-10-14(16)15(2)13-8-9-13/h3-6,13H,7-10H2,1-2H3. The van der Waals surface area contributed by atoms with Crippen molar-refractivity contribution >= 4 is 5.91 Å². The molecule has 0 spiro atoms. The van der Waals surface area contributed by atoms with Crippen molar-refractivity contribution in [3.8, 4) is 0 Å². The highest BCUT2D eigenvalue weighted by Crippen LogP contribution is 2.25. The van der Waals surface area contributed by atoms with Crippen molar-refractivity contribution < 1.29 is 4.79 Å². The highest BCUT2D eigenvalue weighted by Gasteiger charge is 2.28. The Balaban J connectivity index is 1.82. The predicted octanol–water partition coefficient (Wildman–Crippen LogP) is 2.55. The van der Waals surface area contributed by atoms with Crippen LogP contribution in [0.4, 0.5) is 0 Å². The minimum Gasteiger partial charge on any atom is -0.343 e. The number of amides is 1. The molecule has 0 bridgehead atoms. The van der Waals surface area contributed by atoms with Gasteiger partial charge in [0.25, 0.3) is 0 Å². The van der Waals surface area contributed by atoms with E-state index < -0.39 is 0 Å². The van der Waals surface area contributed by atoms with Crippen LogP contribution in [0.1, 0.15) is 30.4 Å². The summed E-state index contributed by atoms with van der Waals surface area (Å²) in [5.41, 5.74) is 2.52. The molecule has 2 nitrogen and oxygen atoms in total. The van der Waals surface area contributed by atoms with E-state index in [1.807, 2.05) is 11.9 Å². The Hall–Kier alpha value is -1.31. The van der Waals surface area contributed by atoms with Crippen molar-refractivity contribution in [3.05, 3.63) is 35.4 Å². The molecule has 1 aliphatic rings. The van der Waals surface area contributed by atoms with E-state index in [9.17, 15) is 4.79 Å². The average molecular weight is 217 g/mol. The zero-order chi connectivity index (χ0) is 11.5. The molecule has 0 N–H and O–H groups in total. The maximum Gasteiger partial charge on any atom is 0.222 e. The molecule has 0 saturated heterocycles. The summed E-state index contributed by atoms with van der Waals surface area (Å²) in [4.78, 5) is 13.7. The fourth-order valence-corrected chi connectivity index (χ4v) is 1.85. The molecule has 1 aromatic rings. The Labute approximate surface area is 97.3 Å². The predicted molar refractivity (Wildman–Crippen MR) is 65.3 cm³/mol. The van der Waals surface area contributed by atoms with Gasteiger partial charge < -0.3 is 4.90 Å². The zero-order valence-corrected chi connectivity index (χ0v) is 10.1. The zero-order valence-electron chi connectivity index (χ0n) is 10.1. The Morgan fingerprint density at radius 2 is 1.94 bits per heavy atom. The molecule has 1 aromatic carbocycles. The van der Waals surface area contributed by atoms with E-state index >= 15 is 0 Å². The van der Waals surface area contributed by atoms with Gasteiger partial charge in [0.2, 0.25) is 5.91 Å². The van der Waals surface area contributed by atoms with Gasteiger partial charge >= 0.3 is 0 Å². The SMILES string of the molecule is Cc1ccc(CCC(=O)N(C)C2CC2)cc1. The van der Waals surface area contributed by atoms with Crippen LogP contribution < -0.4 is 0 Å². The number of hydrogen-bond acceptors (Lipinski definition) is 1. The fourth-order valence-electron chi connectivity index (χ4n) is 1.85. The molecule has 0 aromatic heterocycles. The number of carbonyl (C=O) groups excluding carboxylic acids is 1. The van der Waals surface area contributed by atoms with Gasteiger partial charge in [0.05, 0.1) is 0 Å². The van der Waals surface area contributed by atoms with Crippen molar-refractivity contribution in [1.82, 2.24) is 4.90 Å². The Bertz CT molecular complexity index is 365. The summed E-state index contributed by atoms with van der Waals surface area (Å²) < 4.78 is 0. The Morgan fingerprint density at radius 3 is 2.50 bits per heavy atom. The molecule has 2 heteroatoms. The van der Waals surface area contributed by atoms with Gasteiger partial charge in [-0.15, -0.1) is 0 Å². The van der Waals surface area contributed by atoms with Gasteiger partial charge in [0.1, 0.15) is 0 Å². The molecular weight excluding hydrogens is 198 g/mol. The van der Waals surface area contributed by atoms with Gasteiger partial charge in [-0.2, -0.15) is 0 Å². The van der Waals surface area contributed by atoms with Crippen LogP contribution in [0.5, 0.6) is 0 Å². The van der Waals surface area contributed by atoms with Gasteiger partial charge in [-0.05, 0) is 31.7 Å². The lowest BCUT2D eigenvalue weighted by Gasteiger charge is -2.15. The van der Waals surface area contributed by atoms with Crippen LogP contribution in [-0.4, -0.2) is 23.9 Å². The van der Waals surface area contributed by atoms with E-state index in [0.29, 0.717) is 12.5 Å². The lowest BCUT2D eigenvalue weighted by Crippen LogP contribution is -2.28. The highest BCUT2D eigenvalue weighted by atomic mass is 16.2. The summed E-state index contributed by atoms with van der Waals surface area (Å²) in [5, 5.41) is 0. The molecule has 1 fully saturated rings. The Morgan fingerprint density at radius 1 is 1.31 bits per heavy atom. The van der Waals surface area contributed by atoms with Crippen LogP contribution in [0.3, 0.4) is 0 Å². The fraction of sp³-hybridized carbons (Fsp3) is 0.500.